The largest absolute Gasteiger partial charge is 0.497 e. The number of hydrogen-bond donors (Lipinski definition) is 1. The summed E-state index contributed by atoms with van der Waals surface area (Å²) < 4.78 is 15.9. The number of carbonyl (C=O) groups is 2. The topological polar surface area (TPSA) is 95.0 Å². The molecule has 1 aromatic heterocycles. The smallest absolute Gasteiger partial charge is 0.307 e. The van der Waals surface area contributed by atoms with Crippen LogP contribution in [0, 0.1) is 0 Å². The van der Waals surface area contributed by atoms with Crippen LogP contribution in [0.4, 0.5) is 0 Å². The van der Waals surface area contributed by atoms with Gasteiger partial charge in [-0.25, -0.2) is 0 Å². The molecule has 1 N–H and O–H groups in total. The van der Waals surface area contributed by atoms with Crippen LogP contribution in [0.2, 0.25) is 0 Å². The van der Waals surface area contributed by atoms with Crippen LogP contribution in [0.25, 0.3) is 10.8 Å². The molecule has 7 heteroatoms. The minimum Gasteiger partial charge on any atom is -0.497 e. The predicted octanol–water partition coefficient (Wildman–Crippen LogP) is 3.12. The van der Waals surface area contributed by atoms with Crippen molar-refractivity contribution in [2.45, 2.75) is 6.42 Å². The molecule has 0 amide bonds. The highest BCUT2D eigenvalue weighted by Crippen LogP contribution is 2.35. The van der Waals surface area contributed by atoms with Gasteiger partial charge in [0.2, 0.25) is 5.78 Å². The number of ether oxygens (including phenoxy) is 3. The number of carbonyl (C=O) groups excluding carboxylic acids is 1. The SMILES string of the molecule is COc1cccc(C(=O)c2ncc(CC(=O)O)c3cc(OC)c(OC)cc23)c1. The van der Waals surface area contributed by atoms with Crippen molar-refractivity contribution in [1.82, 2.24) is 4.98 Å². The van der Waals surface area contributed by atoms with Gasteiger partial charge in [0.05, 0.1) is 27.8 Å². The average Bonchev–Trinajstić information content (AvgIpc) is 2.72. The Labute approximate surface area is 161 Å². The van der Waals surface area contributed by atoms with E-state index in [2.05, 4.69) is 4.98 Å². The lowest BCUT2D eigenvalue weighted by molar-refractivity contribution is -0.136. The van der Waals surface area contributed by atoms with Gasteiger partial charge in [-0.15, -0.1) is 0 Å². The van der Waals surface area contributed by atoms with Crippen LogP contribution in [-0.2, 0) is 11.2 Å². The first-order valence-electron chi connectivity index (χ1n) is 8.42. The number of pyridine rings is 1. The van der Waals surface area contributed by atoms with Crippen LogP contribution in [0.1, 0.15) is 21.6 Å². The second-order valence-corrected chi connectivity index (χ2v) is 6.02. The number of fused-ring (bicyclic) bond motifs is 1. The van der Waals surface area contributed by atoms with Crippen LogP contribution >= 0.6 is 0 Å². The molecule has 0 aliphatic rings. The minimum absolute atomic E-state index is 0.193. The third-order valence-electron chi connectivity index (χ3n) is 4.36. The van der Waals surface area contributed by atoms with Gasteiger partial charge in [-0.3, -0.25) is 14.6 Å². The van der Waals surface area contributed by atoms with Gasteiger partial charge >= 0.3 is 5.97 Å². The molecule has 144 valence electrons. The summed E-state index contributed by atoms with van der Waals surface area (Å²) in [6.07, 6.45) is 1.18. The molecule has 0 aliphatic heterocycles. The van der Waals surface area contributed by atoms with Gasteiger partial charge in [0.15, 0.2) is 11.5 Å². The number of methoxy groups -OCH3 is 3. The monoisotopic (exact) mass is 381 g/mol. The van der Waals surface area contributed by atoms with Crippen molar-refractivity contribution in [1.29, 1.82) is 0 Å². The number of carboxylic acid groups (broad SMARTS) is 1. The van der Waals surface area contributed by atoms with Gasteiger partial charge in [0, 0.05) is 17.1 Å². The number of carboxylic acids is 1. The first-order valence-corrected chi connectivity index (χ1v) is 8.42. The Hall–Kier alpha value is -3.61. The zero-order valence-electron chi connectivity index (χ0n) is 15.7. The second kappa shape index (κ2) is 7.96. The highest BCUT2D eigenvalue weighted by atomic mass is 16.5. The lowest BCUT2D eigenvalue weighted by Crippen LogP contribution is -2.09. The lowest BCUT2D eigenvalue weighted by atomic mass is 9.98. The second-order valence-electron chi connectivity index (χ2n) is 6.02. The molecule has 0 unspecified atom stereocenters. The fraction of sp³-hybridized carbons (Fsp3) is 0.190. The summed E-state index contributed by atoms with van der Waals surface area (Å²) in [5.41, 5.74) is 1.08. The summed E-state index contributed by atoms with van der Waals surface area (Å²) in [7, 11) is 4.50. The highest BCUT2D eigenvalue weighted by molar-refractivity contribution is 6.16. The molecule has 2 aromatic carbocycles. The predicted molar refractivity (Wildman–Crippen MR) is 103 cm³/mol. The molecule has 0 spiro atoms. The van der Waals surface area contributed by atoms with Crippen molar-refractivity contribution in [3.8, 4) is 17.2 Å². The highest BCUT2D eigenvalue weighted by Gasteiger charge is 2.20. The molecular weight excluding hydrogens is 362 g/mol. The van der Waals surface area contributed by atoms with Crippen molar-refractivity contribution >= 4 is 22.5 Å². The normalized spacial score (nSPS) is 10.5. The van der Waals surface area contributed by atoms with Gasteiger partial charge in [0.1, 0.15) is 11.4 Å². The molecule has 0 atom stereocenters. The maximum atomic E-state index is 13.1. The number of rotatable bonds is 7. The van der Waals surface area contributed by atoms with Crippen molar-refractivity contribution in [3.05, 3.63) is 59.4 Å². The van der Waals surface area contributed by atoms with Gasteiger partial charge in [-0.05, 0) is 35.2 Å². The van der Waals surface area contributed by atoms with E-state index in [0.717, 1.165) is 0 Å². The molecule has 3 aromatic rings. The van der Waals surface area contributed by atoms with Crippen molar-refractivity contribution in [2.24, 2.45) is 0 Å². The van der Waals surface area contributed by atoms with Gasteiger partial charge < -0.3 is 19.3 Å². The Morgan fingerprint density at radius 2 is 1.64 bits per heavy atom. The van der Waals surface area contributed by atoms with E-state index in [9.17, 15) is 14.7 Å². The van der Waals surface area contributed by atoms with E-state index >= 15 is 0 Å². The van der Waals surface area contributed by atoms with Crippen LogP contribution in [0.3, 0.4) is 0 Å². The van der Waals surface area contributed by atoms with E-state index < -0.39 is 5.97 Å². The molecule has 3 rings (SSSR count). The lowest BCUT2D eigenvalue weighted by Gasteiger charge is -2.14. The number of nitrogens with zero attached hydrogens (tertiary/aromatic N) is 1. The van der Waals surface area contributed by atoms with Gasteiger partial charge in [0.25, 0.3) is 0 Å². The van der Waals surface area contributed by atoms with E-state index in [0.29, 0.717) is 39.1 Å². The first kappa shape index (κ1) is 19.2. The molecule has 28 heavy (non-hydrogen) atoms. The first-order chi connectivity index (χ1) is 13.5. The Kier molecular flexibility index (Phi) is 5.44. The van der Waals surface area contributed by atoms with Gasteiger partial charge in [-0.2, -0.15) is 0 Å². The molecule has 0 saturated carbocycles. The summed E-state index contributed by atoms with van der Waals surface area (Å²) in [6.45, 7) is 0. The molecular formula is C21H19NO6. The van der Waals surface area contributed by atoms with Crippen molar-refractivity contribution < 1.29 is 28.9 Å². The standard InChI is InChI=1S/C21H19NO6/c1-26-14-6-4-5-12(7-14)21(25)20-16-10-18(28-3)17(27-2)9-15(16)13(11-22-20)8-19(23)24/h4-7,9-11H,8H2,1-3H3,(H,23,24). The van der Waals surface area contributed by atoms with Crippen molar-refractivity contribution in [3.63, 3.8) is 0 Å². The Balaban J connectivity index is 2.24. The maximum Gasteiger partial charge on any atom is 0.307 e. The van der Waals surface area contributed by atoms with Crippen molar-refractivity contribution in [2.75, 3.05) is 21.3 Å². The van der Waals surface area contributed by atoms with Crippen LogP contribution < -0.4 is 14.2 Å². The van der Waals surface area contributed by atoms with E-state index in [4.69, 9.17) is 14.2 Å². The Morgan fingerprint density at radius 1 is 0.964 bits per heavy atom. The quantitative estimate of drug-likeness (QED) is 0.628. The maximum absolute atomic E-state index is 13.1. The summed E-state index contributed by atoms with van der Waals surface area (Å²) >= 11 is 0. The number of ketones is 1. The molecule has 0 bridgehead atoms. The van der Waals surface area contributed by atoms with E-state index in [-0.39, 0.29) is 17.9 Å². The van der Waals surface area contributed by atoms with Gasteiger partial charge in [-0.1, -0.05) is 12.1 Å². The Bertz CT molecular complexity index is 1060. The van der Waals surface area contributed by atoms with E-state index in [1.165, 1.54) is 27.5 Å². The molecule has 0 aliphatic carbocycles. The summed E-state index contributed by atoms with van der Waals surface area (Å²) in [5.74, 6) is 0.108. The molecule has 0 radical (unpaired) electrons. The average molecular weight is 381 g/mol. The van der Waals surface area contributed by atoms with E-state index in [1.807, 2.05) is 0 Å². The zero-order valence-corrected chi connectivity index (χ0v) is 15.7. The third kappa shape index (κ3) is 3.59. The Morgan fingerprint density at radius 3 is 2.25 bits per heavy atom. The summed E-state index contributed by atoms with van der Waals surface area (Å²) in [6, 6.07) is 10.1. The fourth-order valence-electron chi connectivity index (χ4n) is 3.01. The number of aromatic nitrogens is 1. The molecule has 1 heterocycles. The summed E-state index contributed by atoms with van der Waals surface area (Å²) in [4.78, 5) is 28.6. The number of aliphatic carboxylic acids is 1. The summed E-state index contributed by atoms with van der Waals surface area (Å²) in [5, 5.41) is 10.3. The third-order valence-corrected chi connectivity index (χ3v) is 4.36. The van der Waals surface area contributed by atoms with Crippen LogP contribution in [0.5, 0.6) is 17.2 Å². The molecule has 0 saturated heterocycles. The van der Waals surface area contributed by atoms with E-state index in [1.54, 1.807) is 36.4 Å². The number of hydrogen-bond acceptors (Lipinski definition) is 6. The molecule has 7 nitrogen and oxygen atoms in total. The minimum atomic E-state index is -0.996. The zero-order chi connectivity index (χ0) is 20.3. The fourth-order valence-corrected chi connectivity index (χ4v) is 3.01. The van der Waals surface area contributed by atoms with Crippen LogP contribution in [-0.4, -0.2) is 43.2 Å². The molecule has 0 fully saturated rings. The number of benzene rings is 2. The van der Waals surface area contributed by atoms with Crippen LogP contribution in [0.15, 0.2) is 42.6 Å².